The third-order valence-electron chi connectivity index (χ3n) is 3.63. The van der Waals surface area contributed by atoms with E-state index in [2.05, 4.69) is 18.0 Å². The first-order valence-electron chi connectivity index (χ1n) is 7.04. The van der Waals surface area contributed by atoms with Crippen molar-refractivity contribution in [2.45, 2.75) is 20.0 Å². The highest BCUT2D eigenvalue weighted by atomic mass is 16.5. The Kier molecular flexibility index (Phi) is 3.62. The molecule has 0 fully saturated rings. The molecule has 0 spiro atoms. The summed E-state index contributed by atoms with van der Waals surface area (Å²) in [6.07, 6.45) is 0.984. The van der Waals surface area contributed by atoms with Crippen LogP contribution >= 0.6 is 0 Å². The van der Waals surface area contributed by atoms with E-state index in [9.17, 15) is 5.11 Å². The van der Waals surface area contributed by atoms with Crippen LogP contribution in [0.25, 0.3) is 11.0 Å². The number of hydrogen-bond donors (Lipinski definition) is 1. The van der Waals surface area contributed by atoms with Gasteiger partial charge in [0.15, 0.2) is 0 Å². The number of fused-ring (bicyclic) bond motifs is 1. The van der Waals surface area contributed by atoms with Gasteiger partial charge in [-0.1, -0.05) is 19.1 Å². The third kappa shape index (κ3) is 2.62. The van der Waals surface area contributed by atoms with Crippen LogP contribution in [0.2, 0.25) is 0 Å². The number of nitrogens with zero attached hydrogens (tertiary/aromatic N) is 2. The minimum Gasteiger partial charge on any atom is -0.457 e. The first kappa shape index (κ1) is 13.6. The molecular formula is C17H18N2O2. The number of hydrogen-bond acceptors (Lipinski definition) is 3. The predicted octanol–water partition coefficient (Wildman–Crippen LogP) is 3.42. The number of ether oxygens (including phenoxy) is 1. The Morgan fingerprint density at radius 1 is 1.14 bits per heavy atom. The molecule has 0 aliphatic heterocycles. The minimum absolute atomic E-state index is 0.0695. The second kappa shape index (κ2) is 5.58. The highest BCUT2D eigenvalue weighted by molar-refractivity contribution is 5.77. The lowest BCUT2D eigenvalue weighted by Gasteiger charge is -2.07. The van der Waals surface area contributed by atoms with Crippen molar-refractivity contribution in [1.29, 1.82) is 0 Å². The standard InChI is InChI=1S/C17H18N2O2/c1-3-12-5-4-6-13(9-12)21-14-7-8-15-16(10-14)19(2)17(11-20)18-15/h4-10,20H,3,11H2,1-2H3. The number of aryl methyl sites for hydroxylation is 2. The highest BCUT2D eigenvalue weighted by Crippen LogP contribution is 2.26. The van der Waals surface area contributed by atoms with Gasteiger partial charge in [-0.25, -0.2) is 4.98 Å². The summed E-state index contributed by atoms with van der Waals surface area (Å²) < 4.78 is 7.80. The number of aromatic nitrogens is 2. The fraction of sp³-hybridized carbons (Fsp3) is 0.235. The molecule has 21 heavy (non-hydrogen) atoms. The van der Waals surface area contributed by atoms with Crippen molar-refractivity contribution >= 4 is 11.0 Å². The van der Waals surface area contributed by atoms with E-state index in [0.717, 1.165) is 29.0 Å². The Balaban J connectivity index is 1.95. The molecule has 3 rings (SSSR count). The Bertz CT molecular complexity index is 778. The van der Waals surface area contributed by atoms with E-state index in [1.807, 2.05) is 48.0 Å². The topological polar surface area (TPSA) is 47.3 Å². The zero-order valence-corrected chi connectivity index (χ0v) is 12.2. The fourth-order valence-corrected chi connectivity index (χ4v) is 2.39. The number of benzene rings is 2. The summed E-state index contributed by atoms with van der Waals surface area (Å²) in [5.74, 6) is 2.25. The predicted molar refractivity (Wildman–Crippen MR) is 82.5 cm³/mol. The average molecular weight is 282 g/mol. The van der Waals surface area contributed by atoms with Gasteiger partial charge >= 0.3 is 0 Å². The molecule has 0 unspecified atom stereocenters. The van der Waals surface area contributed by atoms with Crippen LogP contribution in [0.5, 0.6) is 11.5 Å². The first-order valence-corrected chi connectivity index (χ1v) is 7.04. The van der Waals surface area contributed by atoms with Crippen molar-refractivity contribution in [1.82, 2.24) is 9.55 Å². The molecule has 1 aromatic heterocycles. The molecule has 1 heterocycles. The maximum absolute atomic E-state index is 9.27. The lowest BCUT2D eigenvalue weighted by molar-refractivity contribution is 0.268. The van der Waals surface area contributed by atoms with E-state index < -0.39 is 0 Å². The Morgan fingerprint density at radius 3 is 2.71 bits per heavy atom. The summed E-state index contributed by atoms with van der Waals surface area (Å²) >= 11 is 0. The van der Waals surface area contributed by atoms with Gasteiger partial charge in [-0.15, -0.1) is 0 Å². The minimum atomic E-state index is -0.0695. The van der Waals surface area contributed by atoms with Crippen LogP contribution in [0.15, 0.2) is 42.5 Å². The summed E-state index contributed by atoms with van der Waals surface area (Å²) in [7, 11) is 1.89. The molecule has 4 nitrogen and oxygen atoms in total. The molecule has 0 radical (unpaired) electrons. The van der Waals surface area contributed by atoms with Crippen LogP contribution < -0.4 is 4.74 Å². The van der Waals surface area contributed by atoms with Crippen LogP contribution in [0.3, 0.4) is 0 Å². The number of aliphatic hydroxyl groups is 1. The molecule has 3 aromatic rings. The van der Waals surface area contributed by atoms with Gasteiger partial charge < -0.3 is 14.4 Å². The summed E-state index contributed by atoms with van der Waals surface area (Å²) in [5, 5.41) is 9.27. The van der Waals surface area contributed by atoms with E-state index in [4.69, 9.17) is 4.74 Å². The SMILES string of the molecule is CCc1cccc(Oc2ccc3nc(CO)n(C)c3c2)c1. The molecule has 0 amide bonds. The van der Waals surface area contributed by atoms with Crippen molar-refractivity contribution in [2.75, 3.05) is 0 Å². The molecule has 0 saturated carbocycles. The van der Waals surface area contributed by atoms with Crippen LogP contribution in [0.1, 0.15) is 18.3 Å². The Morgan fingerprint density at radius 2 is 1.95 bits per heavy atom. The number of imidazole rings is 1. The Labute approximate surface area is 123 Å². The maximum Gasteiger partial charge on any atom is 0.135 e. The normalized spacial score (nSPS) is 11.0. The molecule has 1 N–H and O–H groups in total. The molecule has 2 aromatic carbocycles. The van der Waals surface area contributed by atoms with Gasteiger partial charge in [-0.05, 0) is 36.2 Å². The summed E-state index contributed by atoms with van der Waals surface area (Å²) in [4.78, 5) is 4.36. The third-order valence-corrected chi connectivity index (χ3v) is 3.63. The number of aliphatic hydroxyl groups excluding tert-OH is 1. The highest BCUT2D eigenvalue weighted by Gasteiger charge is 2.08. The van der Waals surface area contributed by atoms with Crippen LogP contribution in [-0.4, -0.2) is 14.7 Å². The summed E-state index contributed by atoms with van der Waals surface area (Å²) in [5.41, 5.74) is 3.05. The second-order valence-electron chi connectivity index (χ2n) is 5.00. The zero-order valence-electron chi connectivity index (χ0n) is 12.2. The van der Waals surface area contributed by atoms with Gasteiger partial charge in [0, 0.05) is 13.1 Å². The maximum atomic E-state index is 9.27. The van der Waals surface area contributed by atoms with Gasteiger partial charge in [-0.3, -0.25) is 0 Å². The van der Waals surface area contributed by atoms with Gasteiger partial charge in [0.05, 0.1) is 11.0 Å². The van der Waals surface area contributed by atoms with Crippen molar-refractivity contribution in [2.24, 2.45) is 7.05 Å². The average Bonchev–Trinajstić information content (AvgIpc) is 2.84. The summed E-state index contributed by atoms with van der Waals surface area (Å²) in [6.45, 7) is 2.05. The number of rotatable bonds is 4. The zero-order chi connectivity index (χ0) is 14.8. The van der Waals surface area contributed by atoms with Gasteiger partial charge in [0.2, 0.25) is 0 Å². The first-order chi connectivity index (χ1) is 10.2. The molecule has 0 saturated heterocycles. The van der Waals surface area contributed by atoms with E-state index in [1.165, 1.54) is 5.56 Å². The van der Waals surface area contributed by atoms with Crippen LogP contribution in [0.4, 0.5) is 0 Å². The fourth-order valence-electron chi connectivity index (χ4n) is 2.39. The lowest BCUT2D eigenvalue weighted by atomic mass is 10.2. The molecule has 0 atom stereocenters. The largest absolute Gasteiger partial charge is 0.457 e. The van der Waals surface area contributed by atoms with Gasteiger partial charge in [-0.2, -0.15) is 0 Å². The molecule has 0 aliphatic rings. The van der Waals surface area contributed by atoms with E-state index in [1.54, 1.807) is 0 Å². The van der Waals surface area contributed by atoms with Crippen molar-refractivity contribution in [3.63, 3.8) is 0 Å². The van der Waals surface area contributed by atoms with Gasteiger partial charge in [0.1, 0.15) is 23.9 Å². The molecular weight excluding hydrogens is 264 g/mol. The van der Waals surface area contributed by atoms with Gasteiger partial charge in [0.25, 0.3) is 0 Å². The molecule has 108 valence electrons. The molecule has 0 bridgehead atoms. The Hall–Kier alpha value is -2.33. The second-order valence-corrected chi connectivity index (χ2v) is 5.00. The smallest absolute Gasteiger partial charge is 0.135 e. The summed E-state index contributed by atoms with van der Waals surface area (Å²) in [6, 6.07) is 13.8. The van der Waals surface area contributed by atoms with Crippen LogP contribution in [-0.2, 0) is 20.1 Å². The molecule has 4 heteroatoms. The van der Waals surface area contributed by atoms with E-state index in [-0.39, 0.29) is 6.61 Å². The quantitative estimate of drug-likeness (QED) is 0.797. The monoisotopic (exact) mass is 282 g/mol. The van der Waals surface area contributed by atoms with Crippen molar-refractivity contribution in [3.05, 3.63) is 53.9 Å². The van der Waals surface area contributed by atoms with Crippen molar-refractivity contribution in [3.8, 4) is 11.5 Å². The van der Waals surface area contributed by atoms with Crippen LogP contribution in [0, 0.1) is 0 Å². The van der Waals surface area contributed by atoms with E-state index in [0.29, 0.717) is 5.82 Å². The lowest BCUT2D eigenvalue weighted by Crippen LogP contribution is -1.96. The van der Waals surface area contributed by atoms with Crippen molar-refractivity contribution < 1.29 is 9.84 Å². The van der Waals surface area contributed by atoms with E-state index >= 15 is 0 Å². The molecule has 0 aliphatic carbocycles.